The Bertz CT molecular complexity index is 196. The maximum atomic E-state index is 5.43. The van der Waals surface area contributed by atoms with Gasteiger partial charge in [-0.25, -0.2) is 0 Å². The molecule has 0 aliphatic carbocycles. The molecule has 3 nitrogen and oxygen atoms in total. The normalized spacial score (nSPS) is 26.8. The largest absolute Gasteiger partial charge is 0.381 e. The van der Waals surface area contributed by atoms with E-state index in [1.54, 1.807) is 0 Å². The van der Waals surface area contributed by atoms with Gasteiger partial charge in [-0.15, -0.1) is 0 Å². The van der Waals surface area contributed by atoms with E-state index in [1.807, 2.05) is 0 Å². The van der Waals surface area contributed by atoms with Gasteiger partial charge in [-0.3, -0.25) is 0 Å². The molecule has 0 unspecified atom stereocenters. The lowest BCUT2D eigenvalue weighted by molar-refractivity contribution is 0.0236. The van der Waals surface area contributed by atoms with Crippen LogP contribution in [-0.2, 0) is 4.74 Å². The summed E-state index contributed by atoms with van der Waals surface area (Å²) in [5, 5.41) is 7.10. The third-order valence-electron chi connectivity index (χ3n) is 4.14. The molecule has 2 rings (SSSR count). The summed E-state index contributed by atoms with van der Waals surface area (Å²) in [6.07, 6.45) is 5.11. The van der Waals surface area contributed by atoms with Gasteiger partial charge in [0.2, 0.25) is 0 Å². The molecule has 2 aliphatic rings. The summed E-state index contributed by atoms with van der Waals surface area (Å²) >= 11 is 0. The molecule has 2 N–H and O–H groups in total. The van der Waals surface area contributed by atoms with Gasteiger partial charge >= 0.3 is 0 Å². The lowest BCUT2D eigenvalue weighted by Crippen LogP contribution is -2.40. The second-order valence-corrected chi connectivity index (χ2v) is 5.75. The van der Waals surface area contributed by atoms with Crippen LogP contribution in [-0.4, -0.2) is 39.4 Å². The van der Waals surface area contributed by atoms with E-state index in [1.165, 1.54) is 51.9 Å². The minimum absolute atomic E-state index is 0.477. The fraction of sp³-hybridized carbons (Fsp3) is 1.00. The van der Waals surface area contributed by atoms with Gasteiger partial charge in [0.25, 0.3) is 0 Å². The maximum Gasteiger partial charge on any atom is 0.0471 e. The Labute approximate surface area is 99.3 Å². The molecule has 2 saturated heterocycles. The lowest BCUT2D eigenvalue weighted by atomic mass is 9.82. The second kappa shape index (κ2) is 5.99. The Morgan fingerprint density at radius 2 is 1.94 bits per heavy atom. The van der Waals surface area contributed by atoms with E-state index in [0.29, 0.717) is 5.41 Å². The minimum Gasteiger partial charge on any atom is -0.381 e. The van der Waals surface area contributed by atoms with Gasteiger partial charge in [0.1, 0.15) is 0 Å². The summed E-state index contributed by atoms with van der Waals surface area (Å²) in [4.78, 5) is 0. The van der Waals surface area contributed by atoms with Crippen LogP contribution < -0.4 is 10.6 Å². The molecule has 0 saturated carbocycles. The third kappa shape index (κ3) is 3.72. The summed E-state index contributed by atoms with van der Waals surface area (Å²) in [5.74, 6) is 0.893. The summed E-state index contributed by atoms with van der Waals surface area (Å²) in [5.41, 5.74) is 0.477. The zero-order valence-electron chi connectivity index (χ0n) is 10.6. The van der Waals surface area contributed by atoms with Crippen molar-refractivity contribution >= 4 is 0 Å². The Hall–Kier alpha value is -0.120. The van der Waals surface area contributed by atoms with E-state index < -0.39 is 0 Å². The molecule has 0 aromatic carbocycles. The van der Waals surface area contributed by atoms with Crippen molar-refractivity contribution in [3.8, 4) is 0 Å². The van der Waals surface area contributed by atoms with Crippen molar-refractivity contribution in [2.24, 2.45) is 11.3 Å². The van der Waals surface area contributed by atoms with E-state index in [-0.39, 0.29) is 0 Å². The minimum atomic E-state index is 0.477. The van der Waals surface area contributed by atoms with Gasteiger partial charge in [-0.05, 0) is 56.7 Å². The fourth-order valence-electron chi connectivity index (χ4n) is 2.70. The van der Waals surface area contributed by atoms with E-state index in [4.69, 9.17) is 4.74 Å². The van der Waals surface area contributed by atoms with Crippen LogP contribution in [0.25, 0.3) is 0 Å². The highest BCUT2D eigenvalue weighted by Crippen LogP contribution is 2.28. The predicted molar refractivity (Wildman–Crippen MR) is 66.6 cm³/mol. The van der Waals surface area contributed by atoms with Crippen molar-refractivity contribution in [1.82, 2.24) is 10.6 Å². The van der Waals surface area contributed by atoms with Crippen LogP contribution >= 0.6 is 0 Å². The van der Waals surface area contributed by atoms with Crippen molar-refractivity contribution < 1.29 is 4.74 Å². The molecule has 3 heteroatoms. The molecule has 0 spiro atoms. The highest BCUT2D eigenvalue weighted by molar-refractivity contribution is 4.80. The summed E-state index contributed by atoms with van der Waals surface area (Å²) in [6.45, 7) is 9.08. The highest BCUT2D eigenvalue weighted by atomic mass is 16.5. The van der Waals surface area contributed by atoms with E-state index in [0.717, 1.165) is 19.1 Å². The number of nitrogens with one attached hydrogen (secondary N) is 2. The number of piperidine rings is 1. The van der Waals surface area contributed by atoms with Crippen molar-refractivity contribution in [3.63, 3.8) is 0 Å². The van der Waals surface area contributed by atoms with Crippen LogP contribution in [0.5, 0.6) is 0 Å². The maximum absolute atomic E-state index is 5.43. The smallest absolute Gasteiger partial charge is 0.0471 e. The van der Waals surface area contributed by atoms with E-state index in [2.05, 4.69) is 17.6 Å². The molecule has 94 valence electrons. The molecule has 16 heavy (non-hydrogen) atoms. The van der Waals surface area contributed by atoms with E-state index >= 15 is 0 Å². The topological polar surface area (TPSA) is 33.3 Å². The van der Waals surface area contributed by atoms with Crippen LogP contribution in [0.3, 0.4) is 0 Å². The van der Waals surface area contributed by atoms with Gasteiger partial charge in [-0.2, -0.15) is 0 Å². The SMILES string of the molecule is CC1(CNCC2CCNCC2)CCOCC1. The monoisotopic (exact) mass is 226 g/mol. The predicted octanol–water partition coefficient (Wildman–Crippen LogP) is 1.39. The molecule has 0 aromatic heterocycles. The van der Waals surface area contributed by atoms with Gasteiger partial charge in [0.05, 0.1) is 0 Å². The number of rotatable bonds is 4. The Balaban J connectivity index is 1.62. The second-order valence-electron chi connectivity index (χ2n) is 5.75. The van der Waals surface area contributed by atoms with Crippen LogP contribution in [0.1, 0.15) is 32.6 Å². The van der Waals surface area contributed by atoms with Crippen LogP contribution in [0, 0.1) is 11.3 Å². The third-order valence-corrected chi connectivity index (χ3v) is 4.14. The first-order valence-electron chi connectivity index (χ1n) is 6.78. The molecule has 2 aliphatic heterocycles. The number of ether oxygens (including phenoxy) is 1. The zero-order valence-corrected chi connectivity index (χ0v) is 10.6. The van der Waals surface area contributed by atoms with Crippen LogP contribution in [0.4, 0.5) is 0 Å². The summed E-state index contributed by atoms with van der Waals surface area (Å²) < 4.78 is 5.43. The van der Waals surface area contributed by atoms with Crippen molar-refractivity contribution in [2.75, 3.05) is 39.4 Å². The van der Waals surface area contributed by atoms with Crippen LogP contribution in [0.15, 0.2) is 0 Å². The van der Waals surface area contributed by atoms with Gasteiger partial charge in [0, 0.05) is 19.8 Å². The Morgan fingerprint density at radius 3 is 2.62 bits per heavy atom. The van der Waals surface area contributed by atoms with Gasteiger partial charge in [0.15, 0.2) is 0 Å². The summed E-state index contributed by atoms with van der Waals surface area (Å²) in [6, 6.07) is 0. The van der Waals surface area contributed by atoms with E-state index in [9.17, 15) is 0 Å². The molecule has 2 fully saturated rings. The molecular weight excluding hydrogens is 200 g/mol. The highest BCUT2D eigenvalue weighted by Gasteiger charge is 2.27. The standard InChI is InChI=1S/C13H26N2O/c1-13(4-8-16-9-5-13)11-15-10-12-2-6-14-7-3-12/h12,14-15H,2-11H2,1H3. The van der Waals surface area contributed by atoms with Crippen molar-refractivity contribution in [2.45, 2.75) is 32.6 Å². The quantitative estimate of drug-likeness (QED) is 0.760. The first kappa shape index (κ1) is 12.3. The molecule has 0 atom stereocenters. The molecule has 0 aromatic rings. The Morgan fingerprint density at radius 1 is 1.25 bits per heavy atom. The first-order chi connectivity index (χ1) is 7.79. The molecule has 2 heterocycles. The van der Waals surface area contributed by atoms with Crippen molar-refractivity contribution in [3.05, 3.63) is 0 Å². The number of hydrogen-bond acceptors (Lipinski definition) is 3. The average Bonchev–Trinajstić information content (AvgIpc) is 2.31. The first-order valence-corrected chi connectivity index (χ1v) is 6.78. The molecule has 0 bridgehead atoms. The molecular formula is C13H26N2O. The molecule has 0 radical (unpaired) electrons. The summed E-state index contributed by atoms with van der Waals surface area (Å²) in [7, 11) is 0. The van der Waals surface area contributed by atoms with Gasteiger partial charge in [-0.1, -0.05) is 6.92 Å². The Kier molecular flexibility index (Phi) is 4.62. The number of hydrogen-bond donors (Lipinski definition) is 2. The fourth-order valence-corrected chi connectivity index (χ4v) is 2.70. The van der Waals surface area contributed by atoms with Gasteiger partial charge < -0.3 is 15.4 Å². The molecule has 0 amide bonds. The average molecular weight is 226 g/mol. The zero-order chi connectivity index (χ0) is 11.3. The van der Waals surface area contributed by atoms with Crippen LogP contribution in [0.2, 0.25) is 0 Å². The van der Waals surface area contributed by atoms with Crippen molar-refractivity contribution in [1.29, 1.82) is 0 Å². The lowest BCUT2D eigenvalue weighted by Gasteiger charge is -2.34.